The summed E-state index contributed by atoms with van der Waals surface area (Å²) in [5.41, 5.74) is 1.25. The van der Waals surface area contributed by atoms with Crippen molar-refractivity contribution in [2.45, 2.75) is 19.8 Å². The molecule has 0 saturated heterocycles. The fraction of sp³-hybridized carbons (Fsp3) is 0.333. The van der Waals surface area contributed by atoms with Gasteiger partial charge in [-0.05, 0) is 23.6 Å². The molecule has 4 heteroatoms. The van der Waals surface area contributed by atoms with Gasteiger partial charge in [0.1, 0.15) is 12.4 Å². The Morgan fingerprint density at radius 2 is 1.63 bits per heavy atom. The van der Waals surface area contributed by atoms with Crippen LogP contribution in [0.4, 0.5) is 0 Å². The van der Waals surface area contributed by atoms with Gasteiger partial charge >= 0.3 is 0 Å². The first kappa shape index (κ1) is 13.3. The van der Waals surface area contributed by atoms with Crippen molar-refractivity contribution < 1.29 is 14.3 Å². The van der Waals surface area contributed by atoms with E-state index in [4.69, 9.17) is 4.74 Å². The Balaban J connectivity index is 1.83. The molecule has 0 radical (unpaired) electrons. The van der Waals surface area contributed by atoms with E-state index < -0.39 is 0 Å². The average molecular weight is 259 g/mol. The second-order valence-electron chi connectivity index (χ2n) is 4.73. The topological polar surface area (TPSA) is 46.6 Å². The minimum atomic E-state index is -0.274. The summed E-state index contributed by atoms with van der Waals surface area (Å²) in [6.07, 6.45) is 2.56. The monoisotopic (exact) mass is 259 g/mol. The fourth-order valence-corrected chi connectivity index (χ4v) is 1.86. The van der Waals surface area contributed by atoms with E-state index in [1.165, 1.54) is 22.6 Å². The average Bonchev–Trinajstić information content (AvgIpc) is 2.71. The van der Waals surface area contributed by atoms with Crippen LogP contribution in [0, 0.1) is 0 Å². The Labute approximate surface area is 112 Å². The summed E-state index contributed by atoms with van der Waals surface area (Å²) < 4.78 is 5.53. The molecule has 19 heavy (non-hydrogen) atoms. The van der Waals surface area contributed by atoms with Crippen LogP contribution in [0.3, 0.4) is 0 Å². The van der Waals surface area contributed by atoms with Crippen molar-refractivity contribution >= 4 is 11.8 Å². The van der Waals surface area contributed by atoms with E-state index in [0.29, 0.717) is 12.5 Å². The highest BCUT2D eigenvalue weighted by molar-refractivity contribution is 6.12. The normalized spacial score (nSPS) is 14.6. The van der Waals surface area contributed by atoms with Gasteiger partial charge in [0.25, 0.3) is 11.8 Å². The number of carbonyl (C=O) groups is 2. The van der Waals surface area contributed by atoms with Crippen molar-refractivity contribution in [3.8, 4) is 5.75 Å². The number of hydrogen-bond donors (Lipinski definition) is 0. The quantitative estimate of drug-likeness (QED) is 0.761. The van der Waals surface area contributed by atoms with E-state index >= 15 is 0 Å². The van der Waals surface area contributed by atoms with Crippen LogP contribution in [-0.4, -0.2) is 29.9 Å². The number of imide groups is 1. The molecule has 0 bridgehead atoms. The molecule has 4 nitrogen and oxygen atoms in total. The molecule has 0 atom stereocenters. The molecule has 100 valence electrons. The van der Waals surface area contributed by atoms with Crippen LogP contribution in [0.2, 0.25) is 0 Å². The third-order valence-corrected chi connectivity index (χ3v) is 3.03. The summed E-state index contributed by atoms with van der Waals surface area (Å²) in [5, 5.41) is 0. The van der Waals surface area contributed by atoms with Gasteiger partial charge in [0.05, 0.1) is 6.54 Å². The zero-order chi connectivity index (χ0) is 13.8. The van der Waals surface area contributed by atoms with Crippen LogP contribution in [0.25, 0.3) is 0 Å². The van der Waals surface area contributed by atoms with Gasteiger partial charge in [0.2, 0.25) is 0 Å². The Morgan fingerprint density at radius 3 is 2.16 bits per heavy atom. The molecule has 0 spiro atoms. The number of rotatable bonds is 5. The summed E-state index contributed by atoms with van der Waals surface area (Å²) in [7, 11) is 0. The summed E-state index contributed by atoms with van der Waals surface area (Å²) in [6.45, 7) is 4.84. The molecular formula is C15H17NO3. The molecule has 1 aliphatic rings. The lowest BCUT2D eigenvalue weighted by Gasteiger charge is -2.14. The van der Waals surface area contributed by atoms with Crippen molar-refractivity contribution in [2.75, 3.05) is 13.2 Å². The van der Waals surface area contributed by atoms with Crippen molar-refractivity contribution in [3.63, 3.8) is 0 Å². The SMILES string of the molecule is CC(C)c1ccc(OCCN2C(=O)C=CC2=O)cc1. The predicted octanol–water partition coefficient (Wildman–Crippen LogP) is 2.11. The van der Waals surface area contributed by atoms with Gasteiger partial charge in [-0.15, -0.1) is 0 Å². The molecule has 0 N–H and O–H groups in total. The van der Waals surface area contributed by atoms with Crippen LogP contribution in [0.1, 0.15) is 25.3 Å². The lowest BCUT2D eigenvalue weighted by Crippen LogP contribution is -2.33. The number of amides is 2. The van der Waals surface area contributed by atoms with Gasteiger partial charge < -0.3 is 4.74 Å². The minimum absolute atomic E-state index is 0.274. The van der Waals surface area contributed by atoms with Crippen LogP contribution < -0.4 is 4.74 Å². The van der Waals surface area contributed by atoms with Gasteiger partial charge in [0, 0.05) is 12.2 Å². The van der Waals surface area contributed by atoms with Gasteiger partial charge in [-0.3, -0.25) is 14.5 Å². The van der Waals surface area contributed by atoms with Gasteiger partial charge in [-0.25, -0.2) is 0 Å². The molecule has 0 aromatic heterocycles. The van der Waals surface area contributed by atoms with E-state index in [1.54, 1.807) is 0 Å². The Kier molecular flexibility index (Phi) is 4.00. The molecule has 0 unspecified atom stereocenters. The molecule has 1 aliphatic heterocycles. The van der Waals surface area contributed by atoms with E-state index in [9.17, 15) is 9.59 Å². The van der Waals surface area contributed by atoms with E-state index in [0.717, 1.165) is 5.75 Å². The molecule has 0 fully saturated rings. The fourth-order valence-electron chi connectivity index (χ4n) is 1.86. The maximum atomic E-state index is 11.3. The minimum Gasteiger partial charge on any atom is -0.492 e. The Hall–Kier alpha value is -2.10. The lowest BCUT2D eigenvalue weighted by molar-refractivity contribution is -0.137. The Bertz CT molecular complexity index is 485. The molecule has 1 aromatic rings. The third-order valence-electron chi connectivity index (χ3n) is 3.03. The standard InChI is InChI=1S/C15H17NO3/c1-11(2)12-3-5-13(6-4-12)19-10-9-16-14(17)7-8-15(16)18/h3-8,11H,9-10H2,1-2H3. The number of ether oxygens (including phenoxy) is 1. The smallest absolute Gasteiger partial charge is 0.253 e. The van der Waals surface area contributed by atoms with Crippen molar-refractivity contribution in [1.82, 2.24) is 4.90 Å². The van der Waals surface area contributed by atoms with Crippen molar-refractivity contribution in [1.29, 1.82) is 0 Å². The van der Waals surface area contributed by atoms with Crippen molar-refractivity contribution in [2.24, 2.45) is 0 Å². The first-order chi connectivity index (χ1) is 9.08. The number of carbonyl (C=O) groups excluding carboxylic acids is 2. The molecule has 0 aliphatic carbocycles. The van der Waals surface area contributed by atoms with Gasteiger partial charge in [0.15, 0.2) is 0 Å². The summed E-state index contributed by atoms with van der Waals surface area (Å²) >= 11 is 0. The largest absolute Gasteiger partial charge is 0.492 e. The Morgan fingerprint density at radius 1 is 1.05 bits per heavy atom. The molecule has 1 aromatic carbocycles. The van der Waals surface area contributed by atoms with E-state index in [1.807, 2.05) is 24.3 Å². The molecule has 0 saturated carbocycles. The zero-order valence-electron chi connectivity index (χ0n) is 11.1. The van der Waals surface area contributed by atoms with Crippen molar-refractivity contribution in [3.05, 3.63) is 42.0 Å². The van der Waals surface area contributed by atoms with E-state index in [-0.39, 0.29) is 18.4 Å². The van der Waals surface area contributed by atoms with Gasteiger partial charge in [-0.2, -0.15) is 0 Å². The van der Waals surface area contributed by atoms with Gasteiger partial charge in [-0.1, -0.05) is 26.0 Å². The molecule has 2 amide bonds. The summed E-state index contributed by atoms with van der Waals surface area (Å²) in [6, 6.07) is 7.85. The first-order valence-corrected chi connectivity index (χ1v) is 6.34. The second-order valence-corrected chi connectivity index (χ2v) is 4.73. The second kappa shape index (κ2) is 5.69. The lowest BCUT2D eigenvalue weighted by atomic mass is 10.0. The highest BCUT2D eigenvalue weighted by Crippen LogP contribution is 2.18. The first-order valence-electron chi connectivity index (χ1n) is 6.34. The number of hydrogen-bond acceptors (Lipinski definition) is 3. The van der Waals surface area contributed by atoms with Crippen LogP contribution >= 0.6 is 0 Å². The highest BCUT2D eigenvalue weighted by Gasteiger charge is 2.22. The maximum Gasteiger partial charge on any atom is 0.253 e. The number of nitrogens with zero attached hydrogens (tertiary/aromatic N) is 1. The molecule has 2 rings (SSSR count). The third kappa shape index (κ3) is 3.22. The highest BCUT2D eigenvalue weighted by atomic mass is 16.5. The summed E-state index contributed by atoms with van der Waals surface area (Å²) in [5.74, 6) is 0.684. The van der Waals surface area contributed by atoms with Crippen LogP contribution in [0.5, 0.6) is 5.75 Å². The van der Waals surface area contributed by atoms with Crippen LogP contribution in [-0.2, 0) is 9.59 Å². The number of benzene rings is 1. The predicted molar refractivity (Wildman–Crippen MR) is 71.9 cm³/mol. The van der Waals surface area contributed by atoms with Crippen LogP contribution in [0.15, 0.2) is 36.4 Å². The van der Waals surface area contributed by atoms with E-state index in [2.05, 4.69) is 13.8 Å². The molecular weight excluding hydrogens is 242 g/mol. The zero-order valence-corrected chi connectivity index (χ0v) is 11.1. The summed E-state index contributed by atoms with van der Waals surface area (Å²) in [4.78, 5) is 23.8. The molecule has 1 heterocycles. The maximum absolute atomic E-state index is 11.3.